The topological polar surface area (TPSA) is 85.6 Å². The fraction of sp³-hybridized carbons (Fsp3) is 0.700. The second kappa shape index (κ2) is 12.9. The Morgan fingerprint density at radius 1 is 1.00 bits per heavy atom. The second-order valence-electron chi connectivity index (χ2n) is 7.08. The van der Waals surface area contributed by atoms with Gasteiger partial charge >= 0.3 is 0 Å². The first-order valence-corrected chi connectivity index (χ1v) is 11.0. The molecule has 1 aliphatic heterocycles. The number of hydrogen-bond donors (Lipinski definition) is 3. The van der Waals surface area contributed by atoms with Gasteiger partial charge < -0.3 is 25.0 Å². The molecule has 1 aromatic rings. The van der Waals surface area contributed by atoms with Gasteiger partial charge in [-0.3, -0.25) is 4.84 Å². The Morgan fingerprint density at radius 3 is 2.24 bits per heavy atom. The van der Waals surface area contributed by atoms with Gasteiger partial charge in [-0.15, -0.1) is 23.2 Å². The number of anilines is 1. The molecule has 3 N–H and O–H groups in total. The Balaban J connectivity index is 1.79. The Labute approximate surface area is 182 Å². The van der Waals surface area contributed by atoms with Crippen LogP contribution in [-0.2, 0) is 16.0 Å². The summed E-state index contributed by atoms with van der Waals surface area (Å²) in [5.74, 6) is 1.12. The van der Waals surface area contributed by atoms with E-state index in [1.54, 1.807) is 0 Å². The van der Waals surface area contributed by atoms with Crippen LogP contribution in [-0.4, -0.2) is 90.0 Å². The zero-order valence-corrected chi connectivity index (χ0v) is 18.3. The molecule has 0 amide bonds. The normalized spacial score (nSPS) is 24.8. The molecule has 1 fully saturated rings. The first kappa shape index (κ1) is 24.6. The molecule has 0 spiro atoms. The third-order valence-corrected chi connectivity index (χ3v) is 5.43. The summed E-state index contributed by atoms with van der Waals surface area (Å²) in [7, 11) is 1.50. The highest BCUT2D eigenvalue weighted by Crippen LogP contribution is 2.20. The lowest BCUT2D eigenvalue weighted by atomic mass is 10.0. The van der Waals surface area contributed by atoms with Gasteiger partial charge in [0, 0.05) is 37.1 Å². The van der Waals surface area contributed by atoms with Gasteiger partial charge in [0.15, 0.2) is 6.23 Å². The highest BCUT2D eigenvalue weighted by atomic mass is 35.5. The lowest BCUT2D eigenvalue weighted by Gasteiger charge is -2.39. The number of ether oxygens (including phenoxy) is 1. The molecule has 1 aromatic carbocycles. The van der Waals surface area contributed by atoms with E-state index in [2.05, 4.69) is 29.2 Å². The molecule has 0 bridgehead atoms. The third-order valence-electron chi connectivity index (χ3n) is 5.10. The molecule has 166 valence electrons. The highest BCUT2D eigenvalue weighted by molar-refractivity contribution is 6.18. The van der Waals surface area contributed by atoms with Crippen LogP contribution in [0, 0.1) is 0 Å². The number of benzene rings is 1. The predicted octanol–water partition coefficient (Wildman–Crippen LogP) is 1.60. The minimum absolute atomic E-state index is 0.0421. The standard InChI is InChI=1S/C20H32Cl2N2O5/c1-28-24(20-19(27)18(26)17(25)14-29-20)11-3-2-4-15-5-7-16(8-6-15)23(12-9-21)13-10-22/h5-8,17-20,25-27H,2-4,9-14H2,1H3/t17-,18-,19-,20?/m1/s1. The van der Waals surface area contributed by atoms with Crippen LogP contribution in [0.1, 0.15) is 18.4 Å². The van der Waals surface area contributed by atoms with Crippen LogP contribution in [0.2, 0.25) is 0 Å². The molecule has 0 aromatic heterocycles. The van der Waals surface area contributed by atoms with Crippen molar-refractivity contribution < 1.29 is 24.9 Å². The van der Waals surface area contributed by atoms with Crippen molar-refractivity contribution in [2.24, 2.45) is 0 Å². The first-order valence-electron chi connectivity index (χ1n) is 9.94. The maximum absolute atomic E-state index is 10.1. The summed E-state index contributed by atoms with van der Waals surface area (Å²) in [5.41, 5.74) is 2.35. The summed E-state index contributed by atoms with van der Waals surface area (Å²) >= 11 is 11.7. The first-order chi connectivity index (χ1) is 14.0. The summed E-state index contributed by atoms with van der Waals surface area (Å²) < 4.78 is 5.43. The Kier molecular flexibility index (Phi) is 11.0. The van der Waals surface area contributed by atoms with Crippen molar-refractivity contribution in [3.63, 3.8) is 0 Å². The Hall–Kier alpha value is -0.640. The maximum Gasteiger partial charge on any atom is 0.161 e. The largest absolute Gasteiger partial charge is 0.388 e. The van der Waals surface area contributed by atoms with E-state index in [0.717, 1.165) is 38.0 Å². The van der Waals surface area contributed by atoms with Crippen molar-refractivity contribution in [2.45, 2.75) is 43.8 Å². The monoisotopic (exact) mass is 450 g/mol. The van der Waals surface area contributed by atoms with Crippen molar-refractivity contribution in [1.82, 2.24) is 5.06 Å². The fourth-order valence-electron chi connectivity index (χ4n) is 3.41. The Bertz CT molecular complexity index is 574. The molecule has 0 aliphatic carbocycles. The van der Waals surface area contributed by atoms with Crippen LogP contribution in [0.25, 0.3) is 0 Å². The predicted molar refractivity (Wildman–Crippen MR) is 115 cm³/mol. The molecule has 1 unspecified atom stereocenters. The number of aliphatic hydroxyl groups excluding tert-OH is 3. The van der Waals surface area contributed by atoms with E-state index in [9.17, 15) is 15.3 Å². The molecule has 4 atom stereocenters. The third kappa shape index (κ3) is 7.22. The lowest BCUT2D eigenvalue weighted by Crippen LogP contribution is -2.58. The van der Waals surface area contributed by atoms with Gasteiger partial charge in [-0.25, -0.2) is 0 Å². The van der Waals surface area contributed by atoms with Crippen LogP contribution in [0.5, 0.6) is 0 Å². The van der Waals surface area contributed by atoms with E-state index in [1.807, 2.05) is 0 Å². The van der Waals surface area contributed by atoms with Gasteiger partial charge in [-0.05, 0) is 37.0 Å². The van der Waals surface area contributed by atoms with Crippen molar-refractivity contribution in [2.75, 3.05) is 50.0 Å². The van der Waals surface area contributed by atoms with Crippen LogP contribution < -0.4 is 4.90 Å². The van der Waals surface area contributed by atoms with Crippen molar-refractivity contribution in [3.8, 4) is 0 Å². The Morgan fingerprint density at radius 2 is 1.66 bits per heavy atom. The molecule has 9 heteroatoms. The molecule has 1 saturated heterocycles. The van der Waals surface area contributed by atoms with Gasteiger partial charge in [-0.2, -0.15) is 5.06 Å². The van der Waals surface area contributed by atoms with Crippen LogP contribution in [0.3, 0.4) is 0 Å². The van der Waals surface area contributed by atoms with Gasteiger partial charge in [0.1, 0.15) is 18.3 Å². The molecule has 0 radical (unpaired) electrons. The summed E-state index contributed by atoms with van der Waals surface area (Å²) in [6.07, 6.45) is -1.69. The number of unbranched alkanes of at least 4 members (excludes halogenated alkanes) is 1. The van der Waals surface area contributed by atoms with E-state index in [0.29, 0.717) is 18.3 Å². The average molecular weight is 451 g/mol. The van der Waals surface area contributed by atoms with Crippen LogP contribution in [0.4, 0.5) is 5.69 Å². The fourth-order valence-corrected chi connectivity index (χ4v) is 3.82. The zero-order chi connectivity index (χ0) is 21.2. The smallest absolute Gasteiger partial charge is 0.161 e. The quantitative estimate of drug-likeness (QED) is 0.253. The minimum atomic E-state index is -1.25. The number of nitrogens with zero attached hydrogens (tertiary/aromatic N) is 2. The summed E-state index contributed by atoms with van der Waals surface area (Å²) in [6.45, 7) is 2.03. The lowest BCUT2D eigenvalue weighted by molar-refractivity contribution is -0.306. The highest BCUT2D eigenvalue weighted by Gasteiger charge is 2.40. The van der Waals surface area contributed by atoms with Crippen molar-refractivity contribution in [1.29, 1.82) is 0 Å². The average Bonchev–Trinajstić information content (AvgIpc) is 2.73. The number of hydroxylamine groups is 2. The maximum atomic E-state index is 10.1. The summed E-state index contributed by atoms with van der Waals surface area (Å²) in [5, 5.41) is 31.0. The van der Waals surface area contributed by atoms with Crippen molar-refractivity contribution in [3.05, 3.63) is 29.8 Å². The molecule has 1 heterocycles. The molecular weight excluding hydrogens is 419 g/mol. The number of hydrogen-bond acceptors (Lipinski definition) is 7. The zero-order valence-electron chi connectivity index (χ0n) is 16.8. The van der Waals surface area contributed by atoms with E-state index < -0.39 is 24.5 Å². The molecule has 29 heavy (non-hydrogen) atoms. The summed E-state index contributed by atoms with van der Waals surface area (Å²) in [4.78, 5) is 7.48. The van der Waals surface area contributed by atoms with Gasteiger partial charge in [0.05, 0.1) is 13.7 Å². The summed E-state index contributed by atoms with van der Waals surface area (Å²) in [6, 6.07) is 8.42. The van der Waals surface area contributed by atoms with Crippen molar-refractivity contribution >= 4 is 28.9 Å². The number of halogens is 2. The van der Waals surface area contributed by atoms with Gasteiger partial charge in [-0.1, -0.05) is 12.1 Å². The second-order valence-corrected chi connectivity index (χ2v) is 7.84. The van der Waals surface area contributed by atoms with E-state index in [-0.39, 0.29) is 6.61 Å². The molecule has 1 aliphatic rings. The number of alkyl halides is 2. The minimum Gasteiger partial charge on any atom is -0.388 e. The van der Waals surface area contributed by atoms with E-state index in [4.69, 9.17) is 32.8 Å². The van der Waals surface area contributed by atoms with Gasteiger partial charge in [0.2, 0.25) is 0 Å². The van der Waals surface area contributed by atoms with E-state index >= 15 is 0 Å². The number of aryl methyl sites for hydroxylation is 1. The SMILES string of the molecule is CON(CCCCc1ccc(N(CCCl)CCCl)cc1)C1OC[C@@H](O)[C@@H](O)[C@H]1O. The van der Waals surface area contributed by atoms with Gasteiger partial charge in [0.25, 0.3) is 0 Å². The number of rotatable bonds is 12. The molecule has 2 rings (SSSR count). The van der Waals surface area contributed by atoms with E-state index in [1.165, 1.54) is 17.7 Å². The molecule has 7 nitrogen and oxygen atoms in total. The van der Waals surface area contributed by atoms with Crippen LogP contribution in [0.15, 0.2) is 24.3 Å². The van der Waals surface area contributed by atoms with Crippen LogP contribution >= 0.6 is 23.2 Å². The molecular formula is C20H32Cl2N2O5. The number of aliphatic hydroxyl groups is 3. The molecule has 0 saturated carbocycles.